The molecule has 10 heteroatoms. The van der Waals surface area contributed by atoms with Crippen LogP contribution in [0.4, 0.5) is 11.6 Å². The average Bonchev–Trinajstić information content (AvgIpc) is 3.21. The van der Waals surface area contributed by atoms with E-state index in [-0.39, 0.29) is 12.3 Å². The van der Waals surface area contributed by atoms with Crippen LogP contribution in [0.5, 0.6) is 5.88 Å². The van der Waals surface area contributed by atoms with Gasteiger partial charge in [-0.2, -0.15) is 10.1 Å². The molecule has 1 aromatic carbocycles. The van der Waals surface area contributed by atoms with Crippen LogP contribution in [0.3, 0.4) is 0 Å². The molecule has 1 aliphatic heterocycles. The van der Waals surface area contributed by atoms with Crippen LogP contribution in [-0.2, 0) is 4.79 Å². The summed E-state index contributed by atoms with van der Waals surface area (Å²) in [5.41, 5.74) is 3.52. The van der Waals surface area contributed by atoms with E-state index in [4.69, 9.17) is 4.74 Å². The number of hydrogen-bond acceptors (Lipinski definition) is 8. The average molecular weight is 384 g/mol. The topological polar surface area (TPSA) is 123 Å². The SMILES string of the molecule is Cc1cc(OCC(=O)NN=Cc2cccc([N+](=O)[O-])c2)nc(N2CCCC2)n1. The molecular formula is C18H20N6O4. The Kier molecular flexibility index (Phi) is 6.10. The Morgan fingerprint density at radius 1 is 1.36 bits per heavy atom. The minimum Gasteiger partial charge on any atom is -0.467 e. The van der Waals surface area contributed by atoms with Gasteiger partial charge in [-0.15, -0.1) is 0 Å². The molecular weight excluding hydrogens is 364 g/mol. The van der Waals surface area contributed by atoms with E-state index in [2.05, 4.69) is 25.4 Å². The summed E-state index contributed by atoms with van der Waals surface area (Å²) in [4.78, 5) is 33.0. The van der Waals surface area contributed by atoms with Crippen molar-refractivity contribution < 1.29 is 14.5 Å². The normalized spacial score (nSPS) is 13.7. The maximum absolute atomic E-state index is 11.9. The number of amides is 1. The molecule has 0 saturated carbocycles. The van der Waals surface area contributed by atoms with Gasteiger partial charge in [0, 0.05) is 42.5 Å². The quantitative estimate of drug-likeness (QED) is 0.439. The summed E-state index contributed by atoms with van der Waals surface area (Å²) in [6.45, 7) is 3.41. The van der Waals surface area contributed by atoms with Gasteiger partial charge in [0.1, 0.15) is 0 Å². The van der Waals surface area contributed by atoms with Gasteiger partial charge < -0.3 is 9.64 Å². The fraction of sp³-hybridized carbons (Fsp3) is 0.333. The Morgan fingerprint density at radius 2 is 2.14 bits per heavy atom. The Hall–Kier alpha value is -3.56. The number of rotatable bonds is 7. The highest BCUT2D eigenvalue weighted by molar-refractivity contribution is 5.83. The van der Waals surface area contributed by atoms with Gasteiger partial charge >= 0.3 is 0 Å². The zero-order valence-corrected chi connectivity index (χ0v) is 15.4. The number of nitrogens with zero attached hydrogens (tertiary/aromatic N) is 5. The molecule has 0 spiro atoms. The molecule has 3 rings (SSSR count). The third-order valence-electron chi connectivity index (χ3n) is 4.04. The number of carbonyl (C=O) groups is 1. The molecule has 1 aromatic heterocycles. The van der Waals surface area contributed by atoms with Crippen molar-refractivity contribution in [2.45, 2.75) is 19.8 Å². The zero-order chi connectivity index (χ0) is 19.9. The highest BCUT2D eigenvalue weighted by atomic mass is 16.6. The predicted molar refractivity (Wildman–Crippen MR) is 103 cm³/mol. The lowest BCUT2D eigenvalue weighted by molar-refractivity contribution is -0.384. The van der Waals surface area contributed by atoms with Crippen LogP contribution in [0.15, 0.2) is 35.4 Å². The summed E-state index contributed by atoms with van der Waals surface area (Å²) in [5.74, 6) is 0.462. The van der Waals surface area contributed by atoms with Crippen molar-refractivity contribution in [3.8, 4) is 5.88 Å². The van der Waals surface area contributed by atoms with E-state index < -0.39 is 10.8 Å². The van der Waals surface area contributed by atoms with Gasteiger partial charge in [-0.25, -0.2) is 10.4 Å². The molecule has 1 aliphatic rings. The summed E-state index contributed by atoms with van der Waals surface area (Å²) in [5, 5.41) is 14.5. The van der Waals surface area contributed by atoms with Crippen molar-refractivity contribution in [2.75, 3.05) is 24.6 Å². The van der Waals surface area contributed by atoms with Gasteiger partial charge in [0.05, 0.1) is 11.1 Å². The van der Waals surface area contributed by atoms with E-state index in [9.17, 15) is 14.9 Å². The van der Waals surface area contributed by atoms with Crippen molar-refractivity contribution in [1.82, 2.24) is 15.4 Å². The van der Waals surface area contributed by atoms with Crippen LogP contribution in [0.25, 0.3) is 0 Å². The molecule has 2 heterocycles. The lowest BCUT2D eigenvalue weighted by Crippen LogP contribution is -2.25. The van der Waals surface area contributed by atoms with E-state index in [0.717, 1.165) is 31.6 Å². The fourth-order valence-electron chi connectivity index (χ4n) is 2.73. The summed E-state index contributed by atoms with van der Waals surface area (Å²) >= 11 is 0. The molecule has 1 fully saturated rings. The Labute approximate surface area is 161 Å². The molecule has 0 bridgehead atoms. The highest BCUT2D eigenvalue weighted by Gasteiger charge is 2.16. The van der Waals surface area contributed by atoms with E-state index in [1.54, 1.807) is 18.2 Å². The number of anilines is 1. The first-order valence-electron chi connectivity index (χ1n) is 8.81. The standard InChI is InChI=1S/C18H20N6O4/c1-13-9-17(21-18(20-13)23-7-2-3-8-23)28-12-16(25)22-19-11-14-5-4-6-15(10-14)24(26)27/h4-6,9-11H,2-3,7-8,12H2,1H3,(H,22,25). The second-order valence-electron chi connectivity index (χ2n) is 6.28. The molecule has 0 aliphatic carbocycles. The number of nitrogens with one attached hydrogen (secondary N) is 1. The van der Waals surface area contributed by atoms with Crippen molar-refractivity contribution >= 4 is 23.8 Å². The molecule has 28 heavy (non-hydrogen) atoms. The zero-order valence-electron chi connectivity index (χ0n) is 15.4. The second kappa shape index (κ2) is 8.89. The number of hydrazone groups is 1. The summed E-state index contributed by atoms with van der Waals surface area (Å²) < 4.78 is 5.45. The Bertz CT molecular complexity index is 895. The van der Waals surface area contributed by atoms with Gasteiger partial charge in [-0.1, -0.05) is 12.1 Å². The minimum atomic E-state index is -0.496. The smallest absolute Gasteiger partial charge is 0.278 e. The summed E-state index contributed by atoms with van der Waals surface area (Å²) in [6, 6.07) is 7.58. The number of ether oxygens (including phenoxy) is 1. The van der Waals surface area contributed by atoms with Crippen LogP contribution in [0.2, 0.25) is 0 Å². The van der Waals surface area contributed by atoms with E-state index >= 15 is 0 Å². The Balaban J connectivity index is 1.53. The summed E-state index contributed by atoms with van der Waals surface area (Å²) in [7, 11) is 0. The number of benzene rings is 1. The maximum atomic E-state index is 11.9. The van der Waals surface area contributed by atoms with Crippen molar-refractivity contribution in [1.29, 1.82) is 0 Å². The molecule has 0 unspecified atom stereocenters. The van der Waals surface area contributed by atoms with E-state index in [1.165, 1.54) is 18.3 Å². The molecule has 146 valence electrons. The molecule has 0 radical (unpaired) electrons. The number of nitro benzene ring substituents is 1. The molecule has 2 aromatic rings. The Morgan fingerprint density at radius 3 is 2.89 bits per heavy atom. The van der Waals surface area contributed by atoms with Crippen LogP contribution < -0.4 is 15.1 Å². The molecule has 1 N–H and O–H groups in total. The third-order valence-corrected chi connectivity index (χ3v) is 4.04. The van der Waals surface area contributed by atoms with Gasteiger partial charge in [0.2, 0.25) is 11.8 Å². The molecule has 10 nitrogen and oxygen atoms in total. The molecule has 1 amide bonds. The lowest BCUT2D eigenvalue weighted by atomic mass is 10.2. The first-order chi connectivity index (χ1) is 13.5. The third kappa shape index (κ3) is 5.22. The number of non-ortho nitro benzene ring substituents is 1. The number of nitro groups is 1. The molecule has 1 saturated heterocycles. The largest absolute Gasteiger partial charge is 0.467 e. The predicted octanol–water partition coefficient (Wildman–Crippen LogP) is 1.82. The lowest BCUT2D eigenvalue weighted by Gasteiger charge is -2.16. The second-order valence-corrected chi connectivity index (χ2v) is 6.28. The van der Waals surface area contributed by atoms with Crippen LogP contribution in [-0.4, -0.2) is 46.7 Å². The fourth-order valence-corrected chi connectivity index (χ4v) is 2.73. The van der Waals surface area contributed by atoms with Gasteiger partial charge in [-0.3, -0.25) is 14.9 Å². The molecule has 0 atom stereocenters. The summed E-state index contributed by atoms with van der Waals surface area (Å²) in [6.07, 6.45) is 3.54. The van der Waals surface area contributed by atoms with Crippen molar-refractivity contribution in [3.05, 3.63) is 51.7 Å². The van der Waals surface area contributed by atoms with Gasteiger partial charge in [0.25, 0.3) is 11.6 Å². The van der Waals surface area contributed by atoms with Gasteiger partial charge in [0.15, 0.2) is 6.61 Å². The van der Waals surface area contributed by atoms with Crippen LogP contribution >= 0.6 is 0 Å². The van der Waals surface area contributed by atoms with E-state index in [0.29, 0.717) is 17.4 Å². The number of carbonyl (C=O) groups excluding carboxylic acids is 1. The maximum Gasteiger partial charge on any atom is 0.278 e. The van der Waals surface area contributed by atoms with Crippen LogP contribution in [0.1, 0.15) is 24.1 Å². The van der Waals surface area contributed by atoms with Gasteiger partial charge in [-0.05, 0) is 19.8 Å². The van der Waals surface area contributed by atoms with Crippen molar-refractivity contribution in [2.24, 2.45) is 5.10 Å². The number of aromatic nitrogens is 2. The van der Waals surface area contributed by atoms with Crippen LogP contribution in [0, 0.1) is 17.0 Å². The van der Waals surface area contributed by atoms with Crippen molar-refractivity contribution in [3.63, 3.8) is 0 Å². The minimum absolute atomic E-state index is 0.0495. The first-order valence-corrected chi connectivity index (χ1v) is 8.81. The number of hydrogen-bond donors (Lipinski definition) is 1. The van der Waals surface area contributed by atoms with E-state index in [1.807, 2.05) is 6.92 Å². The first kappa shape index (κ1) is 19.2. The highest BCUT2D eigenvalue weighted by Crippen LogP contribution is 2.19. The number of aryl methyl sites for hydroxylation is 1. The monoisotopic (exact) mass is 384 g/mol.